The molecule has 0 radical (unpaired) electrons. The highest BCUT2D eigenvalue weighted by Gasteiger charge is 2.13. The Labute approximate surface area is 110 Å². The number of carbonyl (C=O) groups is 2. The second-order valence-electron chi connectivity index (χ2n) is 3.33. The number of rotatable bonds is 3. The molecule has 2 rings (SSSR count). The van der Waals surface area contributed by atoms with Crippen molar-refractivity contribution in [3.8, 4) is 0 Å². The van der Waals surface area contributed by atoms with Crippen molar-refractivity contribution in [2.45, 2.75) is 0 Å². The number of halogens is 1. The molecule has 2 aromatic heterocycles. The number of aromatic nitrogens is 1. The van der Waals surface area contributed by atoms with Crippen LogP contribution in [0.3, 0.4) is 0 Å². The molecule has 0 aromatic carbocycles. The fourth-order valence-corrected chi connectivity index (χ4v) is 1.70. The van der Waals surface area contributed by atoms with E-state index in [4.69, 9.17) is 9.52 Å². The van der Waals surface area contributed by atoms with Gasteiger partial charge in [0.05, 0.1) is 29.3 Å². The summed E-state index contributed by atoms with van der Waals surface area (Å²) in [5.41, 5.74) is 0.614. The van der Waals surface area contributed by atoms with Crippen molar-refractivity contribution in [2.24, 2.45) is 0 Å². The SMILES string of the molecule is O=C(O)c1cncc(NC(=O)c2ccoc2Br)c1. The number of carboxylic acids is 1. The van der Waals surface area contributed by atoms with Crippen molar-refractivity contribution in [1.29, 1.82) is 0 Å². The predicted octanol–water partition coefficient (Wildman–Crippen LogP) is 2.39. The van der Waals surface area contributed by atoms with E-state index in [-0.39, 0.29) is 5.56 Å². The Morgan fingerprint density at radius 2 is 2.17 bits per heavy atom. The average molecular weight is 311 g/mol. The van der Waals surface area contributed by atoms with Gasteiger partial charge in [-0.1, -0.05) is 0 Å². The molecule has 2 heterocycles. The maximum Gasteiger partial charge on any atom is 0.337 e. The number of nitrogens with one attached hydrogen (secondary N) is 1. The molecule has 0 saturated heterocycles. The summed E-state index contributed by atoms with van der Waals surface area (Å²) in [4.78, 5) is 26.3. The van der Waals surface area contributed by atoms with E-state index in [2.05, 4.69) is 26.2 Å². The van der Waals surface area contributed by atoms with Gasteiger partial charge in [-0.2, -0.15) is 0 Å². The minimum atomic E-state index is -1.11. The minimum Gasteiger partial charge on any atom is -0.478 e. The Kier molecular flexibility index (Phi) is 3.42. The number of amides is 1. The van der Waals surface area contributed by atoms with E-state index in [0.717, 1.165) is 0 Å². The van der Waals surface area contributed by atoms with E-state index >= 15 is 0 Å². The summed E-state index contributed by atoms with van der Waals surface area (Å²) in [6.45, 7) is 0. The molecule has 0 aliphatic rings. The molecule has 1 amide bonds. The largest absolute Gasteiger partial charge is 0.478 e. The third-order valence-corrected chi connectivity index (χ3v) is 2.72. The molecular weight excluding hydrogens is 304 g/mol. The van der Waals surface area contributed by atoms with E-state index < -0.39 is 11.9 Å². The fraction of sp³-hybridized carbons (Fsp3) is 0. The van der Waals surface area contributed by atoms with Crippen LogP contribution in [0.4, 0.5) is 5.69 Å². The first kappa shape index (κ1) is 12.3. The summed E-state index contributed by atoms with van der Waals surface area (Å²) in [5.74, 6) is -1.52. The molecule has 0 fully saturated rings. The average Bonchev–Trinajstić information content (AvgIpc) is 2.76. The summed E-state index contributed by atoms with van der Waals surface area (Å²) in [6, 6.07) is 2.81. The summed E-state index contributed by atoms with van der Waals surface area (Å²) < 4.78 is 5.24. The zero-order valence-electron chi connectivity index (χ0n) is 8.88. The van der Waals surface area contributed by atoms with Crippen LogP contribution in [0.15, 0.2) is 39.9 Å². The minimum absolute atomic E-state index is 0.000871. The van der Waals surface area contributed by atoms with Gasteiger partial charge in [-0.05, 0) is 28.1 Å². The zero-order valence-corrected chi connectivity index (χ0v) is 10.5. The van der Waals surface area contributed by atoms with Crippen molar-refractivity contribution in [3.05, 3.63) is 46.6 Å². The number of carbonyl (C=O) groups excluding carboxylic acids is 1. The molecule has 18 heavy (non-hydrogen) atoms. The summed E-state index contributed by atoms with van der Waals surface area (Å²) in [6.07, 6.45) is 3.93. The summed E-state index contributed by atoms with van der Waals surface area (Å²) in [5, 5.41) is 11.3. The van der Waals surface area contributed by atoms with E-state index in [9.17, 15) is 9.59 Å². The Morgan fingerprint density at radius 3 is 2.78 bits per heavy atom. The molecule has 0 aliphatic heterocycles. The van der Waals surface area contributed by atoms with Crippen LogP contribution in [0, 0.1) is 0 Å². The quantitative estimate of drug-likeness (QED) is 0.908. The lowest BCUT2D eigenvalue weighted by atomic mass is 10.2. The molecule has 2 N–H and O–H groups in total. The molecule has 6 nitrogen and oxygen atoms in total. The van der Waals surface area contributed by atoms with E-state index in [0.29, 0.717) is 15.9 Å². The molecule has 0 spiro atoms. The van der Waals surface area contributed by atoms with Crippen LogP contribution < -0.4 is 5.32 Å². The van der Waals surface area contributed by atoms with Gasteiger partial charge in [0.15, 0.2) is 4.67 Å². The Morgan fingerprint density at radius 1 is 1.39 bits per heavy atom. The molecule has 7 heteroatoms. The Bertz CT molecular complexity index is 609. The van der Waals surface area contributed by atoms with E-state index in [1.165, 1.54) is 30.8 Å². The van der Waals surface area contributed by atoms with Gasteiger partial charge in [-0.3, -0.25) is 9.78 Å². The monoisotopic (exact) mass is 310 g/mol. The smallest absolute Gasteiger partial charge is 0.337 e. The number of carboxylic acid groups (broad SMARTS) is 1. The maximum absolute atomic E-state index is 11.8. The van der Waals surface area contributed by atoms with Gasteiger partial charge in [0.2, 0.25) is 0 Å². The molecular formula is C11H7BrN2O4. The van der Waals surface area contributed by atoms with E-state index in [1.807, 2.05) is 0 Å². The van der Waals surface area contributed by atoms with Gasteiger partial charge in [-0.25, -0.2) is 4.79 Å². The van der Waals surface area contributed by atoms with Crippen LogP contribution >= 0.6 is 15.9 Å². The highest BCUT2D eigenvalue weighted by Crippen LogP contribution is 2.19. The van der Waals surface area contributed by atoms with Crippen LogP contribution in [0.25, 0.3) is 0 Å². The first-order valence-electron chi connectivity index (χ1n) is 4.80. The molecule has 0 saturated carbocycles. The van der Waals surface area contributed by atoms with Gasteiger partial charge in [0.1, 0.15) is 0 Å². The van der Waals surface area contributed by atoms with Gasteiger partial charge in [0.25, 0.3) is 5.91 Å². The third-order valence-electron chi connectivity index (χ3n) is 2.11. The number of anilines is 1. The topological polar surface area (TPSA) is 92.4 Å². The van der Waals surface area contributed by atoms with Crippen molar-refractivity contribution < 1.29 is 19.1 Å². The number of hydrogen-bond donors (Lipinski definition) is 2. The lowest BCUT2D eigenvalue weighted by Crippen LogP contribution is -2.12. The summed E-state index contributed by atoms with van der Waals surface area (Å²) in [7, 11) is 0. The van der Waals surface area contributed by atoms with Crippen molar-refractivity contribution in [2.75, 3.05) is 5.32 Å². The van der Waals surface area contributed by atoms with Crippen molar-refractivity contribution in [3.63, 3.8) is 0 Å². The third kappa shape index (κ3) is 2.57. The Balaban J connectivity index is 2.20. The molecule has 0 bridgehead atoms. The van der Waals surface area contributed by atoms with Gasteiger partial charge in [0, 0.05) is 6.20 Å². The van der Waals surface area contributed by atoms with Crippen LogP contribution in [0.1, 0.15) is 20.7 Å². The Hall–Kier alpha value is -2.15. The lowest BCUT2D eigenvalue weighted by Gasteiger charge is -2.04. The highest BCUT2D eigenvalue weighted by atomic mass is 79.9. The van der Waals surface area contributed by atoms with Gasteiger partial charge < -0.3 is 14.8 Å². The van der Waals surface area contributed by atoms with Crippen LogP contribution in [-0.4, -0.2) is 22.0 Å². The molecule has 2 aromatic rings. The zero-order chi connectivity index (χ0) is 13.1. The normalized spacial score (nSPS) is 10.1. The lowest BCUT2D eigenvalue weighted by molar-refractivity contribution is 0.0696. The standard InChI is InChI=1S/C11H7BrN2O4/c12-9-8(1-2-18-9)10(15)14-7-3-6(11(16)17)4-13-5-7/h1-5H,(H,14,15)(H,16,17). The van der Waals surface area contributed by atoms with Gasteiger partial charge >= 0.3 is 5.97 Å². The summed E-state index contributed by atoms with van der Waals surface area (Å²) >= 11 is 3.08. The number of pyridine rings is 1. The fourth-order valence-electron chi connectivity index (χ4n) is 1.28. The van der Waals surface area contributed by atoms with Crippen LogP contribution in [0.2, 0.25) is 0 Å². The molecule has 0 atom stereocenters. The van der Waals surface area contributed by atoms with E-state index in [1.54, 1.807) is 0 Å². The van der Waals surface area contributed by atoms with Crippen molar-refractivity contribution >= 4 is 33.5 Å². The predicted molar refractivity (Wildman–Crippen MR) is 65.6 cm³/mol. The van der Waals surface area contributed by atoms with Crippen LogP contribution in [-0.2, 0) is 0 Å². The molecule has 0 unspecified atom stereocenters. The first-order valence-corrected chi connectivity index (χ1v) is 5.60. The number of furan rings is 1. The molecule has 92 valence electrons. The van der Waals surface area contributed by atoms with Crippen LogP contribution in [0.5, 0.6) is 0 Å². The van der Waals surface area contributed by atoms with Crippen molar-refractivity contribution in [1.82, 2.24) is 4.98 Å². The second-order valence-corrected chi connectivity index (χ2v) is 4.05. The second kappa shape index (κ2) is 5.01. The van der Waals surface area contributed by atoms with Gasteiger partial charge in [-0.15, -0.1) is 0 Å². The molecule has 0 aliphatic carbocycles. The number of hydrogen-bond acceptors (Lipinski definition) is 4. The first-order chi connectivity index (χ1) is 8.58. The number of aromatic carboxylic acids is 1. The number of nitrogens with zero attached hydrogens (tertiary/aromatic N) is 1. The highest BCUT2D eigenvalue weighted by molar-refractivity contribution is 9.10. The maximum atomic E-state index is 11.8.